The summed E-state index contributed by atoms with van der Waals surface area (Å²) in [5, 5.41) is 1.12. The Morgan fingerprint density at radius 2 is 1.75 bits per heavy atom. The zero-order valence-corrected chi connectivity index (χ0v) is 18.5. The van der Waals surface area contributed by atoms with E-state index in [0.717, 1.165) is 22.6 Å². The van der Waals surface area contributed by atoms with Crippen LogP contribution in [0.1, 0.15) is 17.0 Å². The summed E-state index contributed by atoms with van der Waals surface area (Å²) in [7, 11) is 0. The Kier molecular flexibility index (Phi) is 5.33. The molecule has 0 saturated heterocycles. The first kappa shape index (κ1) is 20.2. The second-order valence-corrected chi connectivity index (χ2v) is 8.36. The van der Waals surface area contributed by atoms with Crippen LogP contribution >= 0.6 is 11.8 Å². The molecule has 0 saturated carbocycles. The van der Waals surface area contributed by atoms with Gasteiger partial charge in [0.05, 0.1) is 16.6 Å². The molecule has 0 amide bonds. The molecule has 0 atom stereocenters. The van der Waals surface area contributed by atoms with Crippen LogP contribution in [0.3, 0.4) is 0 Å². The zero-order chi connectivity index (χ0) is 22.1. The molecule has 32 heavy (non-hydrogen) atoms. The SMILES string of the molecule is Cc1ccnc(-n2c(SCc3nc(-c4ccccc4)oc3C)nc3ccccc3c2=O)c1. The van der Waals surface area contributed by atoms with Crippen molar-refractivity contribution in [1.82, 2.24) is 19.5 Å². The van der Waals surface area contributed by atoms with Gasteiger partial charge in [-0.25, -0.2) is 19.5 Å². The molecule has 0 bridgehead atoms. The number of aromatic nitrogens is 4. The lowest BCUT2D eigenvalue weighted by molar-refractivity contribution is 0.540. The van der Waals surface area contributed by atoms with Gasteiger partial charge in [0.25, 0.3) is 5.56 Å². The van der Waals surface area contributed by atoms with Gasteiger partial charge in [-0.2, -0.15) is 0 Å². The number of aryl methyl sites for hydroxylation is 2. The highest BCUT2D eigenvalue weighted by Crippen LogP contribution is 2.28. The molecular formula is C25H20N4O2S. The fraction of sp³-hybridized carbons (Fsp3) is 0.120. The Morgan fingerprint density at radius 3 is 2.56 bits per heavy atom. The number of thioether (sulfide) groups is 1. The highest BCUT2D eigenvalue weighted by atomic mass is 32.2. The van der Waals surface area contributed by atoms with E-state index >= 15 is 0 Å². The van der Waals surface area contributed by atoms with Gasteiger partial charge in [0.15, 0.2) is 5.16 Å². The normalized spacial score (nSPS) is 11.2. The van der Waals surface area contributed by atoms with Gasteiger partial charge >= 0.3 is 0 Å². The number of hydrogen-bond acceptors (Lipinski definition) is 6. The van der Waals surface area contributed by atoms with Gasteiger partial charge < -0.3 is 4.42 Å². The lowest BCUT2D eigenvalue weighted by Gasteiger charge is -2.12. The molecule has 5 rings (SSSR count). The maximum atomic E-state index is 13.4. The Hall–Kier alpha value is -3.71. The van der Waals surface area contributed by atoms with Crippen LogP contribution in [0.4, 0.5) is 0 Å². The summed E-state index contributed by atoms with van der Waals surface area (Å²) in [4.78, 5) is 27.3. The molecule has 0 N–H and O–H groups in total. The third-order valence-corrected chi connectivity index (χ3v) is 6.08. The van der Waals surface area contributed by atoms with Crippen molar-refractivity contribution in [2.45, 2.75) is 24.8 Å². The van der Waals surface area contributed by atoms with Crippen LogP contribution in [-0.2, 0) is 5.75 Å². The van der Waals surface area contributed by atoms with Gasteiger partial charge in [-0.1, -0.05) is 42.1 Å². The first-order valence-electron chi connectivity index (χ1n) is 10.2. The number of nitrogens with zero attached hydrogens (tertiary/aromatic N) is 4. The quantitative estimate of drug-likeness (QED) is 0.271. The monoisotopic (exact) mass is 440 g/mol. The third kappa shape index (κ3) is 3.83. The van der Waals surface area contributed by atoms with Crippen LogP contribution in [0.15, 0.2) is 87.3 Å². The van der Waals surface area contributed by atoms with Crippen molar-refractivity contribution in [3.63, 3.8) is 0 Å². The molecule has 6 nitrogen and oxygen atoms in total. The molecule has 3 heterocycles. The van der Waals surface area contributed by atoms with Crippen molar-refractivity contribution in [2.24, 2.45) is 0 Å². The van der Waals surface area contributed by atoms with Crippen LogP contribution in [0.5, 0.6) is 0 Å². The molecule has 3 aromatic heterocycles. The summed E-state index contributed by atoms with van der Waals surface area (Å²) in [5.74, 6) is 2.40. The van der Waals surface area contributed by atoms with Crippen molar-refractivity contribution in [3.8, 4) is 17.3 Å². The Balaban J connectivity index is 1.55. The van der Waals surface area contributed by atoms with E-state index in [9.17, 15) is 4.79 Å². The summed E-state index contributed by atoms with van der Waals surface area (Å²) in [6.45, 7) is 3.87. The Bertz CT molecular complexity index is 1470. The predicted molar refractivity (Wildman–Crippen MR) is 126 cm³/mol. The average Bonchev–Trinajstić information content (AvgIpc) is 3.19. The van der Waals surface area contributed by atoms with Crippen molar-refractivity contribution < 1.29 is 4.42 Å². The maximum absolute atomic E-state index is 13.4. The molecule has 0 spiro atoms. The van der Waals surface area contributed by atoms with E-state index in [1.165, 1.54) is 11.8 Å². The van der Waals surface area contributed by atoms with Gasteiger partial charge in [0, 0.05) is 17.5 Å². The van der Waals surface area contributed by atoms with E-state index in [1.54, 1.807) is 16.8 Å². The van der Waals surface area contributed by atoms with E-state index in [-0.39, 0.29) is 5.56 Å². The van der Waals surface area contributed by atoms with Gasteiger partial charge in [0.2, 0.25) is 5.89 Å². The molecule has 0 aliphatic rings. The largest absolute Gasteiger partial charge is 0.441 e. The lowest BCUT2D eigenvalue weighted by Crippen LogP contribution is -2.22. The summed E-state index contributed by atoms with van der Waals surface area (Å²) >= 11 is 1.44. The maximum Gasteiger partial charge on any atom is 0.267 e. The molecule has 0 unspecified atom stereocenters. The minimum absolute atomic E-state index is 0.141. The highest BCUT2D eigenvalue weighted by Gasteiger charge is 2.17. The smallest absolute Gasteiger partial charge is 0.267 e. The van der Waals surface area contributed by atoms with Crippen LogP contribution in [0.2, 0.25) is 0 Å². The average molecular weight is 441 g/mol. The van der Waals surface area contributed by atoms with Crippen molar-refractivity contribution in [3.05, 3.63) is 100 Å². The topological polar surface area (TPSA) is 73.8 Å². The summed E-state index contributed by atoms with van der Waals surface area (Å²) in [6.07, 6.45) is 1.70. The molecule has 0 aliphatic heterocycles. The van der Waals surface area contributed by atoms with Crippen LogP contribution in [0.25, 0.3) is 28.2 Å². The number of fused-ring (bicyclic) bond motifs is 1. The fourth-order valence-electron chi connectivity index (χ4n) is 3.45. The number of para-hydroxylation sites is 1. The lowest BCUT2D eigenvalue weighted by atomic mass is 10.2. The van der Waals surface area contributed by atoms with Crippen molar-refractivity contribution in [2.75, 3.05) is 0 Å². The van der Waals surface area contributed by atoms with E-state index in [2.05, 4.69) is 9.97 Å². The number of benzene rings is 2. The van der Waals surface area contributed by atoms with Crippen molar-refractivity contribution in [1.29, 1.82) is 0 Å². The van der Waals surface area contributed by atoms with Gasteiger partial charge in [0.1, 0.15) is 11.6 Å². The van der Waals surface area contributed by atoms with Crippen LogP contribution in [-0.4, -0.2) is 19.5 Å². The second kappa shape index (κ2) is 8.43. The van der Waals surface area contributed by atoms with Crippen LogP contribution < -0.4 is 5.56 Å². The summed E-state index contributed by atoms with van der Waals surface area (Å²) < 4.78 is 7.46. The second-order valence-electron chi connectivity index (χ2n) is 7.42. The number of rotatable bonds is 5. The number of pyridine rings is 1. The Morgan fingerprint density at radius 1 is 0.969 bits per heavy atom. The third-order valence-electron chi connectivity index (χ3n) is 5.13. The molecule has 0 radical (unpaired) electrons. The first-order chi connectivity index (χ1) is 15.6. The minimum Gasteiger partial charge on any atom is -0.441 e. The van der Waals surface area contributed by atoms with Gasteiger partial charge in [-0.05, 0) is 55.8 Å². The van der Waals surface area contributed by atoms with Gasteiger partial charge in [-0.3, -0.25) is 4.79 Å². The standard InChI is InChI=1S/C25H20N4O2S/c1-16-12-13-26-22(14-16)29-24(30)19-10-6-7-11-20(19)28-25(29)32-15-21-17(2)31-23(27-21)18-8-4-3-5-9-18/h3-14H,15H2,1-2H3. The molecular weight excluding hydrogens is 420 g/mol. The van der Waals surface area contributed by atoms with E-state index in [4.69, 9.17) is 9.40 Å². The minimum atomic E-state index is -0.141. The first-order valence-corrected chi connectivity index (χ1v) is 11.2. The number of oxazole rings is 1. The molecule has 7 heteroatoms. The van der Waals surface area contributed by atoms with Crippen LogP contribution in [0, 0.1) is 13.8 Å². The van der Waals surface area contributed by atoms with Crippen molar-refractivity contribution >= 4 is 22.7 Å². The predicted octanol–water partition coefficient (Wildman–Crippen LogP) is 5.34. The molecule has 0 fully saturated rings. The van der Waals surface area contributed by atoms with Gasteiger partial charge in [-0.15, -0.1) is 0 Å². The molecule has 2 aromatic carbocycles. The molecule has 5 aromatic rings. The van der Waals surface area contributed by atoms with E-state index in [1.807, 2.05) is 74.5 Å². The fourth-order valence-corrected chi connectivity index (χ4v) is 4.45. The van der Waals surface area contributed by atoms with E-state index < -0.39 is 0 Å². The molecule has 158 valence electrons. The van der Waals surface area contributed by atoms with E-state index in [0.29, 0.717) is 33.5 Å². The zero-order valence-electron chi connectivity index (χ0n) is 17.6. The summed E-state index contributed by atoms with van der Waals surface area (Å²) in [5.41, 5.74) is 3.28. The highest BCUT2D eigenvalue weighted by molar-refractivity contribution is 7.98. The number of hydrogen-bond donors (Lipinski definition) is 0. The Labute approximate surface area is 189 Å². The summed E-state index contributed by atoms with van der Waals surface area (Å²) in [6, 6.07) is 21.0. The molecule has 0 aliphatic carbocycles.